The molecule has 0 aromatic rings. The van der Waals surface area contributed by atoms with Crippen LogP contribution in [-0.2, 0) is 4.79 Å². The zero-order chi connectivity index (χ0) is 14.9. The van der Waals surface area contributed by atoms with E-state index in [2.05, 4.69) is 13.5 Å². The lowest BCUT2D eigenvalue weighted by Crippen LogP contribution is -1.92. The number of rotatable bonds is 11. The highest BCUT2D eigenvalue weighted by Gasteiger charge is 1.91. The highest BCUT2D eigenvalue weighted by molar-refractivity contribution is 5.84. The van der Waals surface area contributed by atoms with Gasteiger partial charge in [-0.2, -0.15) is 0 Å². The van der Waals surface area contributed by atoms with Crippen molar-refractivity contribution < 1.29 is 15.0 Å². The number of carboxylic acids is 1. The summed E-state index contributed by atoms with van der Waals surface area (Å²) in [5.74, 6) is -0.935. The van der Waals surface area contributed by atoms with Gasteiger partial charge in [-0.05, 0) is 13.3 Å². The molecule has 0 aliphatic rings. The quantitative estimate of drug-likeness (QED) is 0.428. The van der Waals surface area contributed by atoms with Crippen molar-refractivity contribution in [3.8, 4) is 0 Å². The molecule has 19 heavy (non-hydrogen) atoms. The van der Waals surface area contributed by atoms with Gasteiger partial charge in [0.1, 0.15) is 0 Å². The van der Waals surface area contributed by atoms with Crippen molar-refractivity contribution in [1.82, 2.24) is 0 Å². The third-order valence-corrected chi connectivity index (χ3v) is 2.88. The van der Waals surface area contributed by atoms with Crippen molar-refractivity contribution in [3.05, 3.63) is 12.2 Å². The van der Waals surface area contributed by atoms with E-state index in [1.54, 1.807) is 0 Å². The summed E-state index contributed by atoms with van der Waals surface area (Å²) in [5, 5.41) is 16.5. The van der Waals surface area contributed by atoms with Gasteiger partial charge in [-0.15, -0.1) is 0 Å². The maximum absolute atomic E-state index is 9.60. The van der Waals surface area contributed by atoms with Crippen LogP contribution in [0.25, 0.3) is 0 Å². The first-order valence-corrected chi connectivity index (χ1v) is 7.55. The molecule has 0 aliphatic heterocycles. The molecule has 0 aromatic heterocycles. The summed E-state index contributed by atoms with van der Waals surface area (Å²) < 4.78 is 0. The first kappa shape index (κ1) is 20.5. The van der Waals surface area contributed by atoms with E-state index in [4.69, 9.17) is 10.2 Å². The Kier molecular flexibility index (Phi) is 18.5. The van der Waals surface area contributed by atoms with Gasteiger partial charge in [-0.3, -0.25) is 0 Å². The number of carbonyl (C=O) groups is 1. The molecule has 0 unspecified atom stereocenters. The minimum Gasteiger partial charge on any atom is -0.478 e. The van der Waals surface area contributed by atoms with Crippen LogP contribution in [0.4, 0.5) is 0 Å². The third kappa shape index (κ3) is 22.8. The Morgan fingerprint density at radius 3 is 1.47 bits per heavy atom. The van der Waals surface area contributed by atoms with E-state index in [0.717, 1.165) is 6.42 Å². The molecule has 0 aliphatic carbocycles. The Balaban J connectivity index is 0. The van der Waals surface area contributed by atoms with Crippen LogP contribution in [0.3, 0.4) is 0 Å². The summed E-state index contributed by atoms with van der Waals surface area (Å²) in [6.45, 7) is 7.23. The fourth-order valence-corrected chi connectivity index (χ4v) is 1.60. The van der Waals surface area contributed by atoms with Gasteiger partial charge < -0.3 is 10.2 Å². The smallest absolute Gasteiger partial charge is 0.330 e. The lowest BCUT2D eigenvalue weighted by molar-refractivity contribution is -0.132. The van der Waals surface area contributed by atoms with Crippen LogP contribution in [0.15, 0.2) is 12.2 Å². The maximum atomic E-state index is 9.60. The first-order chi connectivity index (χ1) is 9.06. The molecule has 2 N–H and O–H groups in total. The SMILES string of the molecule is C=C(C)C(=O)O.CCCCCCCCCCCCO. The number of unbranched alkanes of at least 4 members (excludes halogenated alkanes) is 9. The molecule has 3 heteroatoms. The van der Waals surface area contributed by atoms with Gasteiger partial charge in [0.25, 0.3) is 0 Å². The molecule has 0 fully saturated rings. The van der Waals surface area contributed by atoms with Crippen LogP contribution in [-0.4, -0.2) is 22.8 Å². The Hall–Kier alpha value is -0.830. The summed E-state index contributed by atoms with van der Waals surface area (Å²) in [7, 11) is 0. The van der Waals surface area contributed by atoms with Crippen LogP contribution >= 0.6 is 0 Å². The van der Waals surface area contributed by atoms with E-state index in [1.807, 2.05) is 0 Å². The van der Waals surface area contributed by atoms with Crippen LogP contribution < -0.4 is 0 Å². The van der Waals surface area contributed by atoms with E-state index in [0.29, 0.717) is 6.61 Å². The van der Waals surface area contributed by atoms with Crippen molar-refractivity contribution >= 4 is 5.97 Å². The third-order valence-electron chi connectivity index (χ3n) is 2.88. The predicted octanol–water partition coefficient (Wildman–Crippen LogP) is 4.55. The Bertz CT molecular complexity index is 190. The highest BCUT2D eigenvalue weighted by Crippen LogP contribution is 2.09. The molecular formula is C16H32O3. The lowest BCUT2D eigenvalue weighted by Gasteiger charge is -2.00. The Morgan fingerprint density at radius 2 is 1.21 bits per heavy atom. The fourth-order valence-electron chi connectivity index (χ4n) is 1.60. The average molecular weight is 272 g/mol. The summed E-state index contributed by atoms with van der Waals surface area (Å²) in [6, 6.07) is 0. The second kappa shape index (κ2) is 17.2. The molecule has 0 spiro atoms. The highest BCUT2D eigenvalue weighted by atomic mass is 16.4. The van der Waals surface area contributed by atoms with Gasteiger partial charge in [-0.25, -0.2) is 4.79 Å². The van der Waals surface area contributed by atoms with Crippen molar-refractivity contribution in [3.63, 3.8) is 0 Å². The van der Waals surface area contributed by atoms with E-state index < -0.39 is 5.97 Å². The van der Waals surface area contributed by atoms with Gasteiger partial charge in [0.15, 0.2) is 0 Å². The van der Waals surface area contributed by atoms with Crippen molar-refractivity contribution in [1.29, 1.82) is 0 Å². The molecule has 0 saturated heterocycles. The van der Waals surface area contributed by atoms with Gasteiger partial charge in [0.05, 0.1) is 0 Å². The molecule has 0 bridgehead atoms. The number of carboxylic acid groups (broad SMARTS) is 1. The van der Waals surface area contributed by atoms with E-state index in [9.17, 15) is 4.79 Å². The number of aliphatic hydroxyl groups is 1. The normalized spacial score (nSPS) is 9.63. The standard InChI is InChI=1S/C12H26O.C4H6O2/c1-2-3-4-5-6-7-8-9-10-11-12-13;1-3(2)4(5)6/h13H,2-12H2,1H3;1H2,2H3,(H,5,6). The Labute approximate surface area is 118 Å². The largest absolute Gasteiger partial charge is 0.478 e. The van der Waals surface area contributed by atoms with Gasteiger partial charge in [0, 0.05) is 12.2 Å². The number of hydrogen-bond acceptors (Lipinski definition) is 2. The van der Waals surface area contributed by atoms with Crippen molar-refractivity contribution in [2.24, 2.45) is 0 Å². The summed E-state index contributed by atoms with van der Waals surface area (Å²) in [6.07, 6.45) is 13.3. The minimum atomic E-state index is -0.935. The minimum absolute atomic E-state index is 0.176. The van der Waals surface area contributed by atoms with E-state index in [-0.39, 0.29) is 5.57 Å². The van der Waals surface area contributed by atoms with E-state index in [1.165, 1.54) is 64.7 Å². The summed E-state index contributed by atoms with van der Waals surface area (Å²) in [4.78, 5) is 9.60. The molecule has 0 amide bonds. The van der Waals surface area contributed by atoms with Crippen molar-refractivity contribution in [2.75, 3.05) is 6.61 Å². The number of aliphatic hydroxyl groups excluding tert-OH is 1. The monoisotopic (exact) mass is 272 g/mol. The molecule has 0 atom stereocenters. The maximum Gasteiger partial charge on any atom is 0.330 e. The molecule has 0 rings (SSSR count). The number of aliphatic carboxylic acids is 1. The molecule has 0 saturated carbocycles. The molecule has 3 nitrogen and oxygen atoms in total. The first-order valence-electron chi connectivity index (χ1n) is 7.55. The van der Waals surface area contributed by atoms with Gasteiger partial charge >= 0.3 is 5.97 Å². The summed E-state index contributed by atoms with van der Waals surface area (Å²) >= 11 is 0. The molecule has 114 valence electrons. The van der Waals surface area contributed by atoms with Crippen molar-refractivity contribution in [2.45, 2.75) is 78.1 Å². The van der Waals surface area contributed by atoms with Crippen LogP contribution in [0.5, 0.6) is 0 Å². The molecular weight excluding hydrogens is 240 g/mol. The van der Waals surface area contributed by atoms with Gasteiger partial charge in [-0.1, -0.05) is 71.3 Å². The zero-order valence-corrected chi connectivity index (χ0v) is 12.8. The molecule has 0 aromatic carbocycles. The predicted molar refractivity (Wildman–Crippen MR) is 81.4 cm³/mol. The molecule has 0 radical (unpaired) electrons. The van der Waals surface area contributed by atoms with Crippen LogP contribution in [0, 0.1) is 0 Å². The average Bonchev–Trinajstić information content (AvgIpc) is 2.37. The lowest BCUT2D eigenvalue weighted by atomic mass is 10.1. The van der Waals surface area contributed by atoms with Crippen LogP contribution in [0.1, 0.15) is 78.1 Å². The van der Waals surface area contributed by atoms with Crippen LogP contribution in [0.2, 0.25) is 0 Å². The number of hydrogen-bond donors (Lipinski definition) is 2. The fraction of sp³-hybridized carbons (Fsp3) is 0.812. The second-order valence-corrected chi connectivity index (χ2v) is 4.99. The summed E-state index contributed by atoms with van der Waals surface area (Å²) in [5.41, 5.74) is 0.176. The van der Waals surface area contributed by atoms with E-state index >= 15 is 0 Å². The molecule has 0 heterocycles. The van der Waals surface area contributed by atoms with Gasteiger partial charge in [0.2, 0.25) is 0 Å². The topological polar surface area (TPSA) is 57.5 Å². The zero-order valence-electron chi connectivity index (χ0n) is 12.8. The second-order valence-electron chi connectivity index (χ2n) is 4.99. The Morgan fingerprint density at radius 1 is 0.895 bits per heavy atom.